The molecule has 2 aromatic carbocycles. The molecule has 0 fully saturated rings. The van der Waals surface area contributed by atoms with E-state index in [0.717, 1.165) is 12.1 Å². The van der Waals surface area contributed by atoms with Gasteiger partial charge in [0.1, 0.15) is 0 Å². The Bertz CT molecular complexity index is 816. The monoisotopic (exact) mass is 380 g/mol. The summed E-state index contributed by atoms with van der Waals surface area (Å²) in [5, 5.41) is 3.76. The summed E-state index contributed by atoms with van der Waals surface area (Å²) in [6.07, 6.45) is -3.19. The molecule has 5 nitrogen and oxygen atoms in total. The van der Waals surface area contributed by atoms with Gasteiger partial charge in [0.2, 0.25) is 0 Å². The molecule has 0 unspecified atom stereocenters. The summed E-state index contributed by atoms with van der Waals surface area (Å²) in [6, 6.07) is 9.11. The van der Waals surface area contributed by atoms with Gasteiger partial charge in [-0.05, 0) is 49.7 Å². The highest BCUT2D eigenvalue weighted by Crippen LogP contribution is 2.29. The Morgan fingerprint density at radius 1 is 1.11 bits per heavy atom. The smallest absolute Gasteiger partial charge is 0.416 e. The minimum absolute atomic E-state index is 0.0492. The molecule has 0 atom stereocenters. The summed E-state index contributed by atoms with van der Waals surface area (Å²) in [4.78, 5) is 12.2. The van der Waals surface area contributed by atoms with E-state index in [-0.39, 0.29) is 6.10 Å². The van der Waals surface area contributed by atoms with E-state index in [9.17, 15) is 18.0 Å². The first-order valence-corrected chi connectivity index (χ1v) is 8.06. The molecule has 0 aromatic heterocycles. The predicted octanol–water partition coefficient (Wildman–Crippen LogP) is 4.27. The third-order valence-electron chi connectivity index (χ3n) is 3.41. The topological polar surface area (TPSA) is 59.9 Å². The van der Waals surface area contributed by atoms with E-state index in [0.29, 0.717) is 22.6 Å². The van der Waals surface area contributed by atoms with E-state index in [2.05, 4.69) is 10.5 Å². The number of hydrogen-bond donors (Lipinski definition) is 1. The number of ether oxygens (including phenoxy) is 2. The fourth-order valence-electron chi connectivity index (χ4n) is 2.15. The van der Waals surface area contributed by atoms with Gasteiger partial charge in [-0.2, -0.15) is 18.3 Å². The summed E-state index contributed by atoms with van der Waals surface area (Å²) in [5.41, 5.74) is 2.28. The van der Waals surface area contributed by atoms with Gasteiger partial charge in [0.05, 0.1) is 25.0 Å². The molecule has 0 spiro atoms. The van der Waals surface area contributed by atoms with Crippen molar-refractivity contribution >= 4 is 12.1 Å². The van der Waals surface area contributed by atoms with Crippen molar-refractivity contribution in [3.05, 3.63) is 59.2 Å². The van der Waals surface area contributed by atoms with Gasteiger partial charge in [-0.25, -0.2) is 5.43 Å². The number of carbonyl (C=O) groups excluding carboxylic acids is 1. The minimum atomic E-state index is -4.39. The van der Waals surface area contributed by atoms with E-state index in [1.807, 2.05) is 13.8 Å². The third-order valence-corrected chi connectivity index (χ3v) is 3.41. The number of hydrazone groups is 1. The van der Waals surface area contributed by atoms with Crippen LogP contribution in [-0.4, -0.2) is 25.3 Å². The minimum Gasteiger partial charge on any atom is -0.493 e. The van der Waals surface area contributed by atoms with Gasteiger partial charge in [-0.3, -0.25) is 4.79 Å². The van der Waals surface area contributed by atoms with Crippen molar-refractivity contribution in [1.29, 1.82) is 0 Å². The molecule has 0 heterocycles. The summed E-state index contributed by atoms with van der Waals surface area (Å²) in [7, 11) is 1.47. The van der Waals surface area contributed by atoms with Gasteiger partial charge >= 0.3 is 6.18 Å². The molecular weight excluding hydrogens is 361 g/mol. The molecule has 27 heavy (non-hydrogen) atoms. The average molecular weight is 380 g/mol. The molecule has 0 aliphatic carbocycles. The Morgan fingerprint density at radius 3 is 2.33 bits per heavy atom. The Balaban J connectivity index is 2.03. The standard InChI is InChI=1S/C19H19F3N2O3/c1-12(2)27-16-9-6-14(10-17(16)26-3)18(25)24-23-11-13-4-7-15(8-5-13)19(20,21)22/h4-12H,1-3H3,(H,24,25)/b23-11-. The van der Waals surface area contributed by atoms with Crippen LogP contribution in [0.25, 0.3) is 0 Å². The maximum atomic E-state index is 12.5. The van der Waals surface area contributed by atoms with Crippen LogP contribution in [-0.2, 0) is 6.18 Å². The summed E-state index contributed by atoms with van der Waals surface area (Å²) >= 11 is 0. The Hall–Kier alpha value is -3.03. The van der Waals surface area contributed by atoms with E-state index in [4.69, 9.17) is 9.47 Å². The molecule has 0 radical (unpaired) electrons. The number of alkyl halides is 3. The highest BCUT2D eigenvalue weighted by atomic mass is 19.4. The van der Waals surface area contributed by atoms with Crippen LogP contribution in [0.4, 0.5) is 13.2 Å². The maximum absolute atomic E-state index is 12.5. The van der Waals surface area contributed by atoms with Crippen LogP contribution in [0.1, 0.15) is 35.3 Å². The normalized spacial score (nSPS) is 11.7. The number of rotatable bonds is 6. The van der Waals surface area contributed by atoms with Crippen molar-refractivity contribution in [3.63, 3.8) is 0 Å². The number of amides is 1. The SMILES string of the molecule is COc1cc(C(=O)N/N=C\c2ccc(C(F)(F)F)cc2)ccc1OC(C)C. The summed E-state index contributed by atoms with van der Waals surface area (Å²) < 4.78 is 48.3. The second-order valence-electron chi connectivity index (χ2n) is 5.85. The lowest BCUT2D eigenvalue weighted by atomic mass is 10.1. The molecule has 2 aromatic rings. The Labute approximate surface area is 154 Å². The van der Waals surface area contributed by atoms with Crippen molar-refractivity contribution in [2.75, 3.05) is 7.11 Å². The zero-order valence-corrected chi connectivity index (χ0v) is 15.0. The molecule has 0 saturated carbocycles. The van der Waals surface area contributed by atoms with E-state index < -0.39 is 17.6 Å². The number of nitrogens with zero attached hydrogens (tertiary/aromatic N) is 1. The first-order valence-electron chi connectivity index (χ1n) is 8.06. The molecule has 1 amide bonds. The van der Waals surface area contributed by atoms with Crippen molar-refractivity contribution in [2.45, 2.75) is 26.1 Å². The zero-order chi connectivity index (χ0) is 20.0. The second kappa shape index (κ2) is 8.57. The number of carbonyl (C=O) groups is 1. The van der Waals surface area contributed by atoms with Crippen LogP contribution in [0.5, 0.6) is 11.5 Å². The van der Waals surface area contributed by atoms with E-state index in [1.54, 1.807) is 12.1 Å². The lowest BCUT2D eigenvalue weighted by molar-refractivity contribution is -0.137. The molecule has 2 rings (SSSR count). The number of methoxy groups -OCH3 is 1. The number of hydrogen-bond acceptors (Lipinski definition) is 4. The number of halogens is 3. The molecular formula is C19H19F3N2O3. The highest BCUT2D eigenvalue weighted by molar-refractivity contribution is 5.95. The van der Waals surface area contributed by atoms with Crippen molar-refractivity contribution in [3.8, 4) is 11.5 Å². The molecule has 0 bridgehead atoms. The number of nitrogens with one attached hydrogen (secondary N) is 1. The first-order chi connectivity index (χ1) is 12.7. The first kappa shape index (κ1) is 20.3. The van der Waals surface area contributed by atoms with Gasteiger partial charge in [0.25, 0.3) is 5.91 Å². The van der Waals surface area contributed by atoms with Crippen molar-refractivity contribution in [1.82, 2.24) is 5.43 Å². The van der Waals surface area contributed by atoms with Crippen molar-refractivity contribution < 1.29 is 27.4 Å². The van der Waals surface area contributed by atoms with Gasteiger partial charge in [0, 0.05) is 5.56 Å². The Kier molecular flexibility index (Phi) is 6.44. The number of benzene rings is 2. The van der Waals surface area contributed by atoms with Crippen LogP contribution in [0, 0.1) is 0 Å². The molecule has 8 heteroatoms. The van der Waals surface area contributed by atoms with Gasteiger partial charge < -0.3 is 9.47 Å². The van der Waals surface area contributed by atoms with Crippen molar-refractivity contribution in [2.24, 2.45) is 5.10 Å². The van der Waals surface area contributed by atoms with E-state index in [1.165, 1.54) is 31.5 Å². The van der Waals surface area contributed by atoms with Crippen LogP contribution >= 0.6 is 0 Å². The molecule has 0 aliphatic rings. The lowest BCUT2D eigenvalue weighted by Crippen LogP contribution is -2.18. The van der Waals surface area contributed by atoms with Crippen LogP contribution in [0.15, 0.2) is 47.6 Å². The fraction of sp³-hybridized carbons (Fsp3) is 0.263. The largest absolute Gasteiger partial charge is 0.493 e. The quantitative estimate of drug-likeness (QED) is 0.602. The predicted molar refractivity (Wildman–Crippen MR) is 95.3 cm³/mol. The second-order valence-corrected chi connectivity index (χ2v) is 5.85. The van der Waals surface area contributed by atoms with Gasteiger partial charge in [-0.15, -0.1) is 0 Å². The lowest BCUT2D eigenvalue weighted by Gasteiger charge is -2.14. The maximum Gasteiger partial charge on any atom is 0.416 e. The summed E-state index contributed by atoms with van der Waals surface area (Å²) in [5.74, 6) is 0.424. The molecule has 1 N–H and O–H groups in total. The summed E-state index contributed by atoms with van der Waals surface area (Å²) in [6.45, 7) is 3.74. The van der Waals surface area contributed by atoms with Gasteiger partial charge in [-0.1, -0.05) is 12.1 Å². The molecule has 144 valence electrons. The van der Waals surface area contributed by atoms with Crippen LogP contribution in [0.3, 0.4) is 0 Å². The average Bonchev–Trinajstić information content (AvgIpc) is 2.61. The third kappa shape index (κ3) is 5.73. The zero-order valence-electron chi connectivity index (χ0n) is 15.0. The van der Waals surface area contributed by atoms with Crippen LogP contribution < -0.4 is 14.9 Å². The molecule has 0 saturated heterocycles. The fourth-order valence-corrected chi connectivity index (χ4v) is 2.15. The highest BCUT2D eigenvalue weighted by Gasteiger charge is 2.29. The Morgan fingerprint density at radius 2 is 1.78 bits per heavy atom. The molecule has 0 aliphatic heterocycles. The van der Waals surface area contributed by atoms with Gasteiger partial charge in [0.15, 0.2) is 11.5 Å². The van der Waals surface area contributed by atoms with Crippen LogP contribution in [0.2, 0.25) is 0 Å². The van der Waals surface area contributed by atoms with E-state index >= 15 is 0 Å².